The molecule has 0 spiro atoms. The Hall–Kier alpha value is -0.123. The molecular weight excluding hydrogens is 156 g/mol. The Morgan fingerprint density at radius 3 is 2.64 bits per heavy atom. The van der Waals surface area contributed by atoms with Gasteiger partial charge >= 0.3 is 0 Å². The van der Waals surface area contributed by atoms with Crippen molar-refractivity contribution in [3.63, 3.8) is 0 Å². The molecule has 3 heteroatoms. The first-order valence-corrected chi connectivity index (χ1v) is 6.03. The molecule has 0 bridgehead atoms. The molecule has 1 unspecified atom stereocenters. The lowest BCUT2D eigenvalue weighted by Gasteiger charge is -2.08. The zero-order valence-corrected chi connectivity index (χ0v) is 8.66. The minimum atomic E-state index is -1.03. The summed E-state index contributed by atoms with van der Waals surface area (Å²) in [6.45, 7) is 7.50. The fourth-order valence-electron chi connectivity index (χ4n) is 0.791. The van der Waals surface area contributed by atoms with Gasteiger partial charge in [0.15, 0.2) is 9.04 Å². The van der Waals surface area contributed by atoms with Crippen LogP contribution < -0.4 is 0 Å². The highest BCUT2D eigenvalue weighted by molar-refractivity contribution is 6.57. The Labute approximate surface area is 70.9 Å². The fraction of sp³-hybridized carbons (Fsp3) is 0.750. The standard InChI is InChI=1S/C8H18O2Si/c1-4-11(5-2)10-8-6-7-9-3/h4,11H,1,5-8H2,2-3H3. The molecule has 1 atom stereocenters. The highest BCUT2D eigenvalue weighted by Gasteiger charge is 2.01. The minimum absolute atomic E-state index is 0.794. The van der Waals surface area contributed by atoms with Gasteiger partial charge in [0.2, 0.25) is 0 Å². The molecule has 0 amide bonds. The molecular formula is C8H18O2Si. The number of hydrogen-bond acceptors (Lipinski definition) is 2. The highest BCUT2D eigenvalue weighted by atomic mass is 28.3. The predicted octanol–water partition coefficient (Wildman–Crippen LogP) is 1.51. The summed E-state index contributed by atoms with van der Waals surface area (Å²) in [6.07, 6.45) is 0.994. The third-order valence-corrected chi connectivity index (χ3v) is 3.48. The van der Waals surface area contributed by atoms with Gasteiger partial charge in [-0.3, -0.25) is 0 Å². The van der Waals surface area contributed by atoms with Crippen molar-refractivity contribution in [3.05, 3.63) is 12.3 Å². The summed E-state index contributed by atoms with van der Waals surface area (Å²) in [7, 11) is 0.684. The Bertz CT molecular complexity index is 96.1. The highest BCUT2D eigenvalue weighted by Crippen LogP contribution is 1.95. The second kappa shape index (κ2) is 7.98. The first-order valence-electron chi connectivity index (χ1n) is 4.08. The second-order valence-electron chi connectivity index (χ2n) is 2.40. The minimum Gasteiger partial charge on any atom is -0.416 e. The van der Waals surface area contributed by atoms with Crippen molar-refractivity contribution in [3.8, 4) is 0 Å². The summed E-state index contributed by atoms with van der Waals surface area (Å²) < 4.78 is 10.5. The molecule has 66 valence electrons. The lowest BCUT2D eigenvalue weighted by atomic mass is 10.5. The number of rotatable bonds is 7. The topological polar surface area (TPSA) is 18.5 Å². The van der Waals surface area contributed by atoms with E-state index in [9.17, 15) is 0 Å². The van der Waals surface area contributed by atoms with Crippen LogP contribution in [0.15, 0.2) is 12.3 Å². The number of methoxy groups -OCH3 is 1. The van der Waals surface area contributed by atoms with Crippen LogP contribution in [-0.4, -0.2) is 29.4 Å². The van der Waals surface area contributed by atoms with Gasteiger partial charge in [-0.05, 0) is 12.5 Å². The maximum absolute atomic E-state index is 5.58. The first kappa shape index (κ1) is 10.9. The van der Waals surface area contributed by atoms with Crippen LogP contribution in [-0.2, 0) is 9.16 Å². The van der Waals surface area contributed by atoms with Crippen molar-refractivity contribution in [2.24, 2.45) is 0 Å². The molecule has 2 nitrogen and oxygen atoms in total. The first-order chi connectivity index (χ1) is 5.35. The van der Waals surface area contributed by atoms with Crippen LogP contribution in [0.3, 0.4) is 0 Å². The van der Waals surface area contributed by atoms with Gasteiger partial charge in [0, 0.05) is 20.3 Å². The van der Waals surface area contributed by atoms with Crippen LogP contribution in [0.2, 0.25) is 6.04 Å². The summed E-state index contributed by atoms with van der Waals surface area (Å²) >= 11 is 0. The summed E-state index contributed by atoms with van der Waals surface area (Å²) in [6, 6.07) is 1.14. The molecule has 11 heavy (non-hydrogen) atoms. The average molecular weight is 174 g/mol. The predicted molar refractivity (Wildman–Crippen MR) is 50.3 cm³/mol. The van der Waals surface area contributed by atoms with Crippen molar-refractivity contribution in [1.29, 1.82) is 0 Å². The number of hydrogen-bond donors (Lipinski definition) is 0. The maximum Gasteiger partial charge on any atom is 0.200 e. The second-order valence-corrected chi connectivity index (χ2v) is 5.10. The van der Waals surface area contributed by atoms with E-state index in [1.54, 1.807) is 7.11 Å². The van der Waals surface area contributed by atoms with E-state index in [-0.39, 0.29) is 0 Å². The summed E-state index contributed by atoms with van der Waals surface area (Å²) in [5.74, 6) is 0. The van der Waals surface area contributed by atoms with Crippen LogP contribution in [0.1, 0.15) is 13.3 Å². The van der Waals surface area contributed by atoms with E-state index < -0.39 is 9.04 Å². The van der Waals surface area contributed by atoms with Crippen molar-refractivity contribution >= 4 is 9.04 Å². The van der Waals surface area contributed by atoms with Gasteiger partial charge in [-0.1, -0.05) is 12.6 Å². The molecule has 0 heterocycles. The molecule has 0 aromatic carbocycles. The third-order valence-electron chi connectivity index (χ3n) is 1.49. The molecule has 0 aliphatic heterocycles. The van der Waals surface area contributed by atoms with Crippen molar-refractivity contribution in [1.82, 2.24) is 0 Å². The normalized spacial score (nSPS) is 12.9. The Morgan fingerprint density at radius 2 is 2.18 bits per heavy atom. The van der Waals surface area contributed by atoms with Gasteiger partial charge in [0.1, 0.15) is 0 Å². The van der Waals surface area contributed by atoms with Crippen molar-refractivity contribution in [2.45, 2.75) is 19.4 Å². The molecule has 0 aliphatic carbocycles. The third kappa shape index (κ3) is 6.28. The Morgan fingerprint density at radius 1 is 1.45 bits per heavy atom. The van der Waals surface area contributed by atoms with E-state index in [1.165, 1.54) is 0 Å². The summed E-state index contributed by atoms with van der Waals surface area (Å²) in [5.41, 5.74) is 1.98. The van der Waals surface area contributed by atoms with Gasteiger partial charge in [0.25, 0.3) is 0 Å². The van der Waals surface area contributed by atoms with E-state index in [0.29, 0.717) is 0 Å². The van der Waals surface area contributed by atoms with Crippen LogP contribution in [0.4, 0.5) is 0 Å². The molecule has 0 radical (unpaired) electrons. The van der Waals surface area contributed by atoms with Crippen molar-refractivity contribution < 1.29 is 9.16 Å². The van der Waals surface area contributed by atoms with Gasteiger partial charge in [0.05, 0.1) is 0 Å². The molecule has 0 N–H and O–H groups in total. The van der Waals surface area contributed by atoms with Gasteiger partial charge < -0.3 is 9.16 Å². The lowest BCUT2D eigenvalue weighted by Crippen LogP contribution is -2.15. The van der Waals surface area contributed by atoms with Crippen LogP contribution in [0, 0.1) is 0 Å². The monoisotopic (exact) mass is 174 g/mol. The molecule has 0 saturated carbocycles. The van der Waals surface area contributed by atoms with E-state index in [1.807, 2.05) is 5.70 Å². The summed E-state index contributed by atoms with van der Waals surface area (Å²) in [4.78, 5) is 0. The van der Waals surface area contributed by atoms with Gasteiger partial charge in [-0.2, -0.15) is 0 Å². The van der Waals surface area contributed by atoms with Crippen LogP contribution >= 0.6 is 0 Å². The fourth-order valence-corrected chi connectivity index (χ4v) is 1.97. The van der Waals surface area contributed by atoms with Gasteiger partial charge in [-0.15, -0.1) is 6.58 Å². The van der Waals surface area contributed by atoms with E-state index in [2.05, 4.69) is 13.5 Å². The van der Waals surface area contributed by atoms with Crippen molar-refractivity contribution in [2.75, 3.05) is 20.3 Å². The lowest BCUT2D eigenvalue weighted by molar-refractivity contribution is 0.172. The molecule has 0 aliphatic rings. The maximum atomic E-state index is 5.58. The van der Waals surface area contributed by atoms with E-state index in [0.717, 1.165) is 25.7 Å². The molecule has 0 aromatic heterocycles. The largest absolute Gasteiger partial charge is 0.416 e. The van der Waals surface area contributed by atoms with Crippen LogP contribution in [0.25, 0.3) is 0 Å². The zero-order valence-electron chi connectivity index (χ0n) is 7.51. The Kier molecular flexibility index (Phi) is 7.89. The zero-order chi connectivity index (χ0) is 8.53. The Balaban J connectivity index is 3.14. The summed E-state index contributed by atoms with van der Waals surface area (Å²) in [5, 5.41) is 0. The molecule has 0 aromatic rings. The molecule has 0 rings (SSSR count). The van der Waals surface area contributed by atoms with Crippen LogP contribution in [0.5, 0.6) is 0 Å². The smallest absolute Gasteiger partial charge is 0.200 e. The van der Waals surface area contributed by atoms with E-state index in [4.69, 9.17) is 9.16 Å². The molecule has 0 saturated heterocycles. The quantitative estimate of drug-likeness (QED) is 0.430. The van der Waals surface area contributed by atoms with Gasteiger partial charge in [-0.25, -0.2) is 0 Å². The van der Waals surface area contributed by atoms with E-state index >= 15 is 0 Å². The molecule has 0 fully saturated rings. The number of ether oxygens (including phenoxy) is 1. The SMILES string of the molecule is C=C[SiH](CC)OCCCOC. The average Bonchev–Trinajstić information content (AvgIpc) is 2.05.